The largest absolute Gasteiger partial charge is 0.455 e. The molecule has 1 aromatic rings. The van der Waals surface area contributed by atoms with Gasteiger partial charge < -0.3 is 15.0 Å². The molecule has 0 atom stereocenters. The molecule has 1 aromatic carbocycles. The van der Waals surface area contributed by atoms with E-state index in [1.165, 1.54) is 0 Å². The van der Waals surface area contributed by atoms with E-state index < -0.39 is 0 Å². The topological polar surface area (TPSA) is 75.7 Å². The Labute approximate surface area is 158 Å². The van der Waals surface area contributed by atoms with Crippen molar-refractivity contribution in [2.24, 2.45) is 11.8 Å². The van der Waals surface area contributed by atoms with E-state index in [-0.39, 0.29) is 30.3 Å². The van der Waals surface area contributed by atoms with Crippen molar-refractivity contribution in [1.82, 2.24) is 10.2 Å². The molecule has 1 fully saturated rings. The lowest BCUT2D eigenvalue weighted by Gasteiger charge is -2.31. The lowest BCUT2D eigenvalue weighted by atomic mass is 9.96. The smallest absolute Gasteiger partial charge is 0.309 e. The molecule has 0 radical (unpaired) electrons. The van der Waals surface area contributed by atoms with Gasteiger partial charge in [0.1, 0.15) is 0 Å². The first kappa shape index (κ1) is 20.2. The Kier molecular flexibility index (Phi) is 7.45. The molecule has 1 saturated heterocycles. The summed E-state index contributed by atoms with van der Waals surface area (Å²) in [6.07, 6.45) is 1.07. The molecular weight excluding hydrogens is 356 g/mol. The lowest BCUT2D eigenvalue weighted by Crippen LogP contribution is -2.41. The molecule has 6 nitrogen and oxygen atoms in total. The first-order valence-corrected chi connectivity index (χ1v) is 9.22. The zero-order chi connectivity index (χ0) is 19.1. The zero-order valence-electron chi connectivity index (χ0n) is 15.2. The van der Waals surface area contributed by atoms with Crippen LogP contribution in [0.4, 0.5) is 0 Å². The summed E-state index contributed by atoms with van der Waals surface area (Å²) in [4.78, 5) is 37.9. The average Bonchev–Trinajstić information content (AvgIpc) is 2.64. The summed E-state index contributed by atoms with van der Waals surface area (Å²) < 4.78 is 5.10. The van der Waals surface area contributed by atoms with Crippen LogP contribution in [0.15, 0.2) is 24.3 Å². The van der Waals surface area contributed by atoms with Crippen LogP contribution in [0.1, 0.15) is 37.0 Å². The fourth-order valence-electron chi connectivity index (χ4n) is 2.72. The van der Waals surface area contributed by atoms with E-state index >= 15 is 0 Å². The highest BCUT2D eigenvalue weighted by Crippen LogP contribution is 2.21. The summed E-state index contributed by atoms with van der Waals surface area (Å²) >= 11 is 5.84. The Morgan fingerprint density at radius 1 is 1.19 bits per heavy atom. The standard InChI is InChI=1S/C19H25ClN2O4/c1-13(2)11-21-17(23)12-26-19(25)15-7-9-22(10-8-15)18(24)14-3-5-16(20)6-4-14/h3-6,13,15H,7-12H2,1-2H3,(H,21,23). The monoisotopic (exact) mass is 380 g/mol. The van der Waals surface area contributed by atoms with E-state index in [1.54, 1.807) is 29.2 Å². The first-order valence-electron chi connectivity index (χ1n) is 8.85. The fourth-order valence-corrected chi connectivity index (χ4v) is 2.84. The lowest BCUT2D eigenvalue weighted by molar-refractivity contribution is -0.153. The van der Waals surface area contributed by atoms with Crippen LogP contribution in [-0.4, -0.2) is 48.9 Å². The van der Waals surface area contributed by atoms with Crippen LogP contribution in [0.25, 0.3) is 0 Å². The van der Waals surface area contributed by atoms with Crippen molar-refractivity contribution in [2.45, 2.75) is 26.7 Å². The van der Waals surface area contributed by atoms with E-state index in [2.05, 4.69) is 5.32 Å². The van der Waals surface area contributed by atoms with Crippen molar-refractivity contribution in [3.05, 3.63) is 34.9 Å². The molecular formula is C19H25ClN2O4. The number of amides is 2. The number of esters is 1. The molecule has 26 heavy (non-hydrogen) atoms. The molecule has 1 heterocycles. The van der Waals surface area contributed by atoms with Crippen LogP contribution in [0.2, 0.25) is 5.02 Å². The number of nitrogens with one attached hydrogen (secondary N) is 1. The van der Waals surface area contributed by atoms with Gasteiger partial charge in [-0.15, -0.1) is 0 Å². The second-order valence-electron chi connectivity index (χ2n) is 6.88. The highest BCUT2D eigenvalue weighted by molar-refractivity contribution is 6.30. The number of piperidine rings is 1. The molecule has 0 spiro atoms. The molecule has 1 aliphatic rings. The van der Waals surface area contributed by atoms with Crippen molar-refractivity contribution >= 4 is 29.4 Å². The maximum Gasteiger partial charge on any atom is 0.309 e. The molecule has 0 aliphatic carbocycles. The van der Waals surface area contributed by atoms with Gasteiger partial charge in [0.05, 0.1) is 5.92 Å². The third-order valence-electron chi connectivity index (χ3n) is 4.26. The van der Waals surface area contributed by atoms with Crippen LogP contribution in [0, 0.1) is 11.8 Å². The third-order valence-corrected chi connectivity index (χ3v) is 4.51. The number of benzene rings is 1. The Balaban J connectivity index is 1.75. The molecule has 2 amide bonds. The number of halogens is 1. The van der Waals surface area contributed by atoms with Gasteiger partial charge in [-0.1, -0.05) is 25.4 Å². The Bertz CT molecular complexity index is 637. The van der Waals surface area contributed by atoms with Crippen LogP contribution in [0.3, 0.4) is 0 Å². The van der Waals surface area contributed by atoms with E-state index in [0.717, 1.165) is 0 Å². The maximum absolute atomic E-state index is 12.4. The number of hydrogen-bond acceptors (Lipinski definition) is 4. The summed E-state index contributed by atoms with van der Waals surface area (Å²) in [7, 11) is 0. The molecule has 0 unspecified atom stereocenters. The normalized spacial score (nSPS) is 15.0. The van der Waals surface area contributed by atoms with Crippen LogP contribution in [-0.2, 0) is 14.3 Å². The molecule has 0 aromatic heterocycles. The minimum absolute atomic E-state index is 0.0680. The molecule has 0 saturated carbocycles. The van der Waals surface area contributed by atoms with Crippen LogP contribution >= 0.6 is 11.6 Å². The van der Waals surface area contributed by atoms with Gasteiger partial charge in [0, 0.05) is 30.2 Å². The third kappa shape index (κ3) is 6.02. The highest BCUT2D eigenvalue weighted by Gasteiger charge is 2.29. The van der Waals surface area contributed by atoms with Crippen molar-refractivity contribution in [2.75, 3.05) is 26.2 Å². The number of nitrogens with zero attached hydrogens (tertiary/aromatic N) is 1. The number of ether oxygens (including phenoxy) is 1. The summed E-state index contributed by atoms with van der Waals surface area (Å²) in [5.41, 5.74) is 0.581. The van der Waals surface area contributed by atoms with E-state index in [1.807, 2.05) is 13.8 Å². The van der Waals surface area contributed by atoms with Gasteiger partial charge >= 0.3 is 5.97 Å². The Hall–Kier alpha value is -2.08. The number of likely N-dealkylation sites (tertiary alicyclic amines) is 1. The van der Waals surface area contributed by atoms with Crippen molar-refractivity contribution in [3.63, 3.8) is 0 Å². The maximum atomic E-state index is 12.4. The second-order valence-corrected chi connectivity index (χ2v) is 7.32. The first-order chi connectivity index (χ1) is 12.4. The zero-order valence-corrected chi connectivity index (χ0v) is 15.9. The molecule has 0 bridgehead atoms. The van der Waals surface area contributed by atoms with Gasteiger partial charge in [0.2, 0.25) is 0 Å². The minimum atomic E-state index is -0.372. The molecule has 7 heteroatoms. The van der Waals surface area contributed by atoms with Gasteiger partial charge in [-0.2, -0.15) is 0 Å². The van der Waals surface area contributed by atoms with Crippen molar-refractivity contribution in [3.8, 4) is 0 Å². The van der Waals surface area contributed by atoms with Crippen molar-refractivity contribution in [1.29, 1.82) is 0 Å². The van der Waals surface area contributed by atoms with Gasteiger partial charge in [0.25, 0.3) is 11.8 Å². The molecule has 142 valence electrons. The summed E-state index contributed by atoms with van der Waals surface area (Å²) in [5.74, 6) is -0.661. The predicted octanol–water partition coefficient (Wildman–Crippen LogP) is 2.51. The number of carbonyl (C=O) groups is 3. The van der Waals surface area contributed by atoms with Gasteiger partial charge in [-0.25, -0.2) is 0 Å². The quantitative estimate of drug-likeness (QED) is 0.769. The van der Waals surface area contributed by atoms with Gasteiger partial charge in [-0.3, -0.25) is 14.4 Å². The van der Waals surface area contributed by atoms with Crippen molar-refractivity contribution < 1.29 is 19.1 Å². The van der Waals surface area contributed by atoms with Gasteiger partial charge in [-0.05, 0) is 43.0 Å². The molecule has 1 aliphatic heterocycles. The minimum Gasteiger partial charge on any atom is -0.455 e. The van der Waals surface area contributed by atoms with E-state index in [0.29, 0.717) is 49.0 Å². The fraction of sp³-hybridized carbons (Fsp3) is 0.526. The SMILES string of the molecule is CC(C)CNC(=O)COC(=O)C1CCN(C(=O)c2ccc(Cl)cc2)CC1. The van der Waals surface area contributed by atoms with Crippen LogP contribution < -0.4 is 5.32 Å². The average molecular weight is 381 g/mol. The van der Waals surface area contributed by atoms with E-state index in [9.17, 15) is 14.4 Å². The van der Waals surface area contributed by atoms with Gasteiger partial charge in [0.15, 0.2) is 6.61 Å². The predicted molar refractivity (Wildman–Crippen MR) is 98.9 cm³/mol. The Morgan fingerprint density at radius 3 is 2.38 bits per heavy atom. The molecule has 1 N–H and O–H groups in total. The Morgan fingerprint density at radius 2 is 1.81 bits per heavy atom. The summed E-state index contributed by atoms with van der Waals surface area (Å²) in [6, 6.07) is 6.76. The number of hydrogen-bond donors (Lipinski definition) is 1. The number of carbonyl (C=O) groups excluding carboxylic acids is 3. The summed E-state index contributed by atoms with van der Waals surface area (Å²) in [5, 5.41) is 3.29. The van der Waals surface area contributed by atoms with Crippen LogP contribution in [0.5, 0.6) is 0 Å². The van der Waals surface area contributed by atoms with E-state index in [4.69, 9.17) is 16.3 Å². The molecule has 2 rings (SSSR count). The highest BCUT2D eigenvalue weighted by atomic mass is 35.5. The summed E-state index contributed by atoms with van der Waals surface area (Å²) in [6.45, 7) is 5.26. The number of rotatable bonds is 6. The second kappa shape index (κ2) is 9.57.